The van der Waals surface area contributed by atoms with Gasteiger partial charge in [-0.2, -0.15) is 0 Å². The number of carbonyl (C=O) groups excluding carboxylic acids is 2. The molecular weight excluding hydrogens is 549 g/mol. The summed E-state index contributed by atoms with van der Waals surface area (Å²) in [5, 5.41) is 14.9. The van der Waals surface area contributed by atoms with E-state index in [0.717, 1.165) is 26.1 Å². The van der Waals surface area contributed by atoms with Gasteiger partial charge < -0.3 is 15.2 Å². The minimum atomic E-state index is -0.157. The lowest BCUT2D eigenvalue weighted by Crippen LogP contribution is -2.18. The minimum Gasteiger partial charge on any atom is -0.326 e. The van der Waals surface area contributed by atoms with Crippen molar-refractivity contribution in [3.63, 3.8) is 0 Å². The molecule has 0 saturated carbocycles. The van der Waals surface area contributed by atoms with Gasteiger partial charge in [-0.25, -0.2) is 0 Å². The molecule has 0 radical (unpaired) electrons. The van der Waals surface area contributed by atoms with Gasteiger partial charge in [-0.3, -0.25) is 9.59 Å². The Morgan fingerprint density at radius 1 is 1.06 bits per heavy atom. The molecule has 33 heavy (non-hydrogen) atoms. The van der Waals surface area contributed by atoms with Gasteiger partial charge >= 0.3 is 0 Å². The summed E-state index contributed by atoms with van der Waals surface area (Å²) in [6.07, 6.45) is 0.113. The monoisotopic (exact) mass is 577 g/mol. The Kier molecular flexibility index (Phi) is 8.90. The number of anilines is 2. The number of thioether (sulfide) groups is 1. The molecule has 1 heterocycles. The van der Waals surface area contributed by atoms with Crippen molar-refractivity contribution >= 4 is 57.5 Å². The Morgan fingerprint density at radius 2 is 1.79 bits per heavy atom. The third kappa shape index (κ3) is 7.04. The van der Waals surface area contributed by atoms with E-state index in [2.05, 4.69) is 63.3 Å². The van der Waals surface area contributed by atoms with Crippen LogP contribution in [0.3, 0.4) is 0 Å². The number of carbonyl (C=O) groups is 2. The number of hydrogen-bond acceptors (Lipinski definition) is 5. The van der Waals surface area contributed by atoms with E-state index in [1.54, 1.807) is 0 Å². The number of amides is 2. The molecule has 1 aromatic heterocycles. The van der Waals surface area contributed by atoms with Gasteiger partial charge in [-0.15, -0.1) is 10.2 Å². The van der Waals surface area contributed by atoms with Crippen LogP contribution in [0.5, 0.6) is 0 Å². The molecule has 0 aliphatic rings. The fraction of sp³-hybridized carbons (Fsp3) is 0.333. The quantitative estimate of drug-likeness (QED) is 0.268. The average Bonchev–Trinajstić information content (AvgIpc) is 3.16. The Morgan fingerprint density at radius 3 is 2.45 bits per heavy atom. The van der Waals surface area contributed by atoms with Crippen LogP contribution >= 0.6 is 34.4 Å². The predicted octanol–water partition coefficient (Wildman–Crippen LogP) is 5.25. The van der Waals surface area contributed by atoms with Crippen molar-refractivity contribution in [1.29, 1.82) is 0 Å². The molecule has 7 nitrogen and oxygen atoms in total. The summed E-state index contributed by atoms with van der Waals surface area (Å²) in [6.45, 7) is 8.79. The van der Waals surface area contributed by atoms with E-state index in [0.29, 0.717) is 23.4 Å². The van der Waals surface area contributed by atoms with Crippen molar-refractivity contribution in [3.8, 4) is 0 Å². The Labute approximate surface area is 212 Å². The second kappa shape index (κ2) is 11.6. The maximum Gasteiger partial charge on any atom is 0.234 e. The van der Waals surface area contributed by atoms with Gasteiger partial charge in [0.1, 0.15) is 5.82 Å². The average molecular weight is 577 g/mol. The number of benzene rings is 2. The van der Waals surface area contributed by atoms with E-state index in [4.69, 9.17) is 0 Å². The van der Waals surface area contributed by atoms with Crippen molar-refractivity contribution in [3.05, 3.63) is 63.0 Å². The molecule has 3 aromatic rings. The Hall–Kier alpha value is -2.40. The normalized spacial score (nSPS) is 11.0. The first kappa shape index (κ1) is 25.2. The molecule has 9 heteroatoms. The summed E-state index contributed by atoms with van der Waals surface area (Å²) in [5.41, 5.74) is 3.82. The van der Waals surface area contributed by atoms with Crippen molar-refractivity contribution in [1.82, 2.24) is 14.8 Å². The van der Waals surface area contributed by atoms with Gasteiger partial charge in [0, 0.05) is 21.5 Å². The molecule has 0 bridgehead atoms. The molecule has 0 fully saturated rings. The highest BCUT2D eigenvalue weighted by molar-refractivity contribution is 14.1. The van der Waals surface area contributed by atoms with E-state index in [-0.39, 0.29) is 24.0 Å². The van der Waals surface area contributed by atoms with Crippen LogP contribution in [0.15, 0.2) is 47.6 Å². The van der Waals surface area contributed by atoms with E-state index in [1.807, 2.05) is 54.8 Å². The molecule has 0 atom stereocenters. The molecule has 0 spiro atoms. The summed E-state index contributed by atoms with van der Waals surface area (Å²) < 4.78 is 3.01. The van der Waals surface area contributed by atoms with Crippen molar-refractivity contribution < 1.29 is 9.59 Å². The van der Waals surface area contributed by atoms with Crippen LogP contribution in [-0.2, 0) is 22.6 Å². The van der Waals surface area contributed by atoms with Gasteiger partial charge in [0.05, 0.1) is 12.2 Å². The smallest absolute Gasteiger partial charge is 0.234 e. The van der Waals surface area contributed by atoms with Crippen molar-refractivity contribution in [2.45, 2.75) is 51.7 Å². The second-order valence-corrected chi connectivity index (χ2v) is 10.1. The number of nitrogens with one attached hydrogen (secondary N) is 2. The first-order chi connectivity index (χ1) is 15.8. The fourth-order valence-electron chi connectivity index (χ4n) is 3.30. The zero-order chi connectivity index (χ0) is 24.0. The maximum absolute atomic E-state index is 12.6. The summed E-state index contributed by atoms with van der Waals surface area (Å²) in [7, 11) is 0. The molecule has 3 rings (SSSR count). The van der Waals surface area contributed by atoms with Gasteiger partial charge in [0.15, 0.2) is 5.16 Å². The predicted molar refractivity (Wildman–Crippen MR) is 142 cm³/mol. The van der Waals surface area contributed by atoms with E-state index in [9.17, 15) is 9.59 Å². The lowest BCUT2D eigenvalue weighted by Gasteiger charge is -2.14. The summed E-state index contributed by atoms with van der Waals surface area (Å²) in [4.78, 5) is 25.1. The highest BCUT2D eigenvalue weighted by Crippen LogP contribution is 2.27. The number of rotatable bonds is 9. The van der Waals surface area contributed by atoms with Crippen molar-refractivity contribution in [2.24, 2.45) is 0 Å². The molecule has 0 unspecified atom stereocenters. The van der Waals surface area contributed by atoms with E-state index >= 15 is 0 Å². The van der Waals surface area contributed by atoms with Crippen LogP contribution in [-0.4, -0.2) is 32.3 Å². The van der Waals surface area contributed by atoms with Gasteiger partial charge in [0.25, 0.3) is 0 Å². The largest absolute Gasteiger partial charge is 0.326 e. The summed E-state index contributed by atoms with van der Waals surface area (Å²) in [6, 6.07) is 13.7. The zero-order valence-electron chi connectivity index (χ0n) is 19.2. The second-order valence-electron chi connectivity index (χ2n) is 7.96. The van der Waals surface area contributed by atoms with Crippen LogP contribution in [0.4, 0.5) is 11.4 Å². The van der Waals surface area contributed by atoms with Gasteiger partial charge in [-0.1, -0.05) is 43.3 Å². The van der Waals surface area contributed by atoms with E-state index < -0.39 is 0 Å². The van der Waals surface area contributed by atoms with Crippen LogP contribution in [0.2, 0.25) is 0 Å². The highest BCUT2D eigenvalue weighted by atomic mass is 127. The SMILES string of the molecule is CCn1c(CC(=O)Nc2ccc(C)cc2)nnc1SCC(=O)Nc1ccc(I)cc1C(C)C. The first-order valence-electron chi connectivity index (χ1n) is 10.8. The topological polar surface area (TPSA) is 88.9 Å². The molecule has 0 aliphatic carbocycles. The third-order valence-electron chi connectivity index (χ3n) is 5.01. The van der Waals surface area contributed by atoms with Gasteiger partial charge in [-0.05, 0) is 78.3 Å². The molecular formula is C24H28IN5O2S. The van der Waals surface area contributed by atoms with Crippen LogP contribution in [0.25, 0.3) is 0 Å². The standard InChI is InChI=1S/C24H28IN5O2S/c1-5-30-21(13-22(31)26-18-9-6-16(4)7-10-18)28-29-24(30)33-14-23(32)27-20-11-8-17(25)12-19(20)15(2)3/h6-12,15H,5,13-14H2,1-4H3,(H,26,31)(H,27,32). The van der Waals surface area contributed by atoms with Crippen LogP contribution in [0, 0.1) is 10.5 Å². The van der Waals surface area contributed by atoms with Crippen LogP contribution in [0.1, 0.15) is 43.6 Å². The lowest BCUT2D eigenvalue weighted by atomic mass is 10.0. The minimum absolute atomic E-state index is 0.104. The Bertz CT molecular complexity index is 1130. The molecule has 174 valence electrons. The van der Waals surface area contributed by atoms with Crippen LogP contribution < -0.4 is 10.6 Å². The fourth-order valence-corrected chi connectivity index (χ4v) is 4.64. The number of hydrogen-bond donors (Lipinski definition) is 2. The third-order valence-corrected chi connectivity index (χ3v) is 6.64. The Balaban J connectivity index is 1.60. The molecule has 2 amide bonds. The highest BCUT2D eigenvalue weighted by Gasteiger charge is 2.17. The number of aromatic nitrogens is 3. The number of nitrogens with zero attached hydrogens (tertiary/aromatic N) is 3. The lowest BCUT2D eigenvalue weighted by molar-refractivity contribution is -0.116. The van der Waals surface area contributed by atoms with Gasteiger partial charge in [0.2, 0.25) is 11.8 Å². The zero-order valence-corrected chi connectivity index (χ0v) is 22.2. The number of aryl methyl sites for hydroxylation is 1. The number of halogens is 1. The molecule has 2 aromatic carbocycles. The summed E-state index contributed by atoms with van der Waals surface area (Å²) >= 11 is 3.59. The van der Waals surface area contributed by atoms with E-state index in [1.165, 1.54) is 11.8 Å². The maximum atomic E-state index is 12.6. The molecule has 0 aliphatic heterocycles. The summed E-state index contributed by atoms with van der Waals surface area (Å²) in [5.74, 6) is 0.823. The first-order valence-corrected chi connectivity index (χ1v) is 12.8. The van der Waals surface area contributed by atoms with Crippen molar-refractivity contribution in [2.75, 3.05) is 16.4 Å². The molecule has 0 saturated heterocycles. The molecule has 2 N–H and O–H groups in total.